The average molecular weight is 278 g/mol. The molecule has 0 spiro atoms. The van der Waals surface area contributed by atoms with Gasteiger partial charge in [0.25, 0.3) is 0 Å². The van der Waals surface area contributed by atoms with Crippen molar-refractivity contribution < 1.29 is 9.59 Å². The molecule has 0 aliphatic carbocycles. The Morgan fingerprint density at radius 2 is 2.11 bits per heavy atom. The first-order valence-electron chi connectivity index (χ1n) is 6.35. The van der Waals surface area contributed by atoms with Crippen molar-refractivity contribution in [1.82, 2.24) is 5.32 Å². The number of carbonyl (C=O) groups excluding carboxylic acids is 2. The highest BCUT2D eigenvalue weighted by molar-refractivity contribution is 7.99. The summed E-state index contributed by atoms with van der Waals surface area (Å²) in [6.07, 6.45) is 3.49. The largest absolute Gasteiger partial charge is 0.351 e. The molecule has 0 radical (unpaired) electrons. The fourth-order valence-electron chi connectivity index (χ4n) is 2.10. The number of hydrogen-bond acceptors (Lipinski definition) is 3. The Balaban J connectivity index is 1.91. The highest BCUT2D eigenvalue weighted by atomic mass is 32.2. The molecule has 1 fully saturated rings. The first-order valence-corrected chi connectivity index (χ1v) is 7.75. The van der Waals surface area contributed by atoms with Crippen LogP contribution in [0.25, 0.3) is 0 Å². The number of carbonyl (C=O) groups is 2. The van der Waals surface area contributed by atoms with Crippen LogP contribution in [0, 0.1) is 0 Å². The molecule has 1 aromatic carbocycles. The van der Waals surface area contributed by atoms with Gasteiger partial charge in [-0.25, -0.2) is 0 Å². The minimum atomic E-state index is 0.0475. The van der Waals surface area contributed by atoms with Crippen LogP contribution in [0.5, 0.6) is 0 Å². The lowest BCUT2D eigenvalue weighted by molar-refractivity contribution is -0.119. The Bertz CT molecular complexity index is 459. The van der Waals surface area contributed by atoms with Crippen molar-refractivity contribution in [2.24, 2.45) is 0 Å². The molecule has 1 N–H and O–H groups in total. The third-order valence-electron chi connectivity index (χ3n) is 3.09. The van der Waals surface area contributed by atoms with Gasteiger partial charge >= 0.3 is 0 Å². The van der Waals surface area contributed by atoms with Crippen molar-refractivity contribution in [3.8, 4) is 0 Å². The van der Waals surface area contributed by atoms with Gasteiger partial charge in [0.15, 0.2) is 0 Å². The van der Waals surface area contributed by atoms with Crippen molar-refractivity contribution in [2.75, 3.05) is 23.5 Å². The highest BCUT2D eigenvalue weighted by Gasteiger charge is 2.21. The standard InChI is InChI=1S/C14H18N2O2S/c1-19-10-13(17)15-9-11-4-6-12(7-5-11)16-8-2-3-14(16)18/h4-7H,2-3,8-10H2,1H3,(H,15,17). The van der Waals surface area contributed by atoms with Crippen molar-refractivity contribution in [2.45, 2.75) is 19.4 Å². The number of anilines is 1. The average Bonchev–Trinajstić information content (AvgIpc) is 2.84. The Kier molecular flexibility index (Phi) is 4.85. The summed E-state index contributed by atoms with van der Waals surface area (Å²) < 4.78 is 0. The van der Waals surface area contributed by atoms with Gasteiger partial charge in [0, 0.05) is 25.2 Å². The molecule has 0 aromatic heterocycles. The van der Waals surface area contributed by atoms with Crippen molar-refractivity contribution in [3.63, 3.8) is 0 Å². The molecule has 2 rings (SSSR count). The van der Waals surface area contributed by atoms with Crippen molar-refractivity contribution in [3.05, 3.63) is 29.8 Å². The molecule has 2 amide bonds. The lowest BCUT2D eigenvalue weighted by Crippen LogP contribution is -2.25. The van der Waals surface area contributed by atoms with Gasteiger partial charge in [-0.2, -0.15) is 11.8 Å². The fraction of sp³-hybridized carbons (Fsp3) is 0.429. The van der Waals surface area contributed by atoms with Crippen LogP contribution in [0.15, 0.2) is 24.3 Å². The van der Waals surface area contributed by atoms with E-state index in [1.54, 1.807) is 0 Å². The van der Waals surface area contributed by atoms with Gasteiger partial charge in [0.2, 0.25) is 11.8 Å². The molecule has 1 aliphatic rings. The molecule has 1 heterocycles. The van der Waals surface area contributed by atoms with Crippen molar-refractivity contribution in [1.29, 1.82) is 0 Å². The first-order chi connectivity index (χ1) is 9.20. The lowest BCUT2D eigenvalue weighted by Gasteiger charge is -2.16. The smallest absolute Gasteiger partial charge is 0.230 e. The lowest BCUT2D eigenvalue weighted by atomic mass is 10.2. The fourth-order valence-corrected chi connectivity index (χ4v) is 2.46. The maximum absolute atomic E-state index is 11.6. The van der Waals surface area contributed by atoms with Crippen molar-refractivity contribution >= 4 is 29.3 Å². The van der Waals surface area contributed by atoms with Gasteiger partial charge < -0.3 is 10.2 Å². The van der Waals surface area contributed by atoms with Crippen LogP contribution in [0.2, 0.25) is 0 Å². The Labute approximate surface area is 117 Å². The van der Waals surface area contributed by atoms with E-state index in [-0.39, 0.29) is 11.8 Å². The maximum atomic E-state index is 11.6. The molecule has 5 heteroatoms. The Morgan fingerprint density at radius 1 is 1.37 bits per heavy atom. The maximum Gasteiger partial charge on any atom is 0.230 e. The molecule has 102 valence electrons. The second-order valence-electron chi connectivity index (χ2n) is 4.53. The zero-order valence-electron chi connectivity index (χ0n) is 11.0. The van der Waals surface area contributed by atoms with E-state index in [4.69, 9.17) is 0 Å². The summed E-state index contributed by atoms with van der Waals surface area (Å²) in [5, 5.41) is 2.86. The van der Waals surface area contributed by atoms with Crippen LogP contribution in [0.4, 0.5) is 5.69 Å². The van der Waals surface area contributed by atoms with Crippen LogP contribution in [-0.2, 0) is 16.1 Å². The molecule has 4 nitrogen and oxygen atoms in total. The molecular weight excluding hydrogens is 260 g/mol. The van der Waals surface area contributed by atoms with Crippen LogP contribution >= 0.6 is 11.8 Å². The number of rotatable bonds is 5. The van der Waals surface area contributed by atoms with Gasteiger partial charge in [-0.1, -0.05) is 12.1 Å². The van der Waals surface area contributed by atoms with E-state index in [1.807, 2.05) is 35.4 Å². The summed E-state index contributed by atoms with van der Waals surface area (Å²) in [6, 6.07) is 7.80. The van der Waals surface area contributed by atoms with E-state index in [9.17, 15) is 9.59 Å². The number of nitrogens with zero attached hydrogens (tertiary/aromatic N) is 1. The quantitative estimate of drug-likeness (QED) is 0.893. The van der Waals surface area contributed by atoms with Crippen LogP contribution in [-0.4, -0.2) is 30.4 Å². The Morgan fingerprint density at radius 3 is 2.68 bits per heavy atom. The van der Waals surface area contributed by atoms with Crippen LogP contribution < -0.4 is 10.2 Å². The number of benzene rings is 1. The van der Waals surface area contributed by atoms with E-state index in [0.29, 0.717) is 18.7 Å². The van der Waals surface area contributed by atoms with E-state index in [0.717, 1.165) is 24.2 Å². The van der Waals surface area contributed by atoms with E-state index < -0.39 is 0 Å². The summed E-state index contributed by atoms with van der Waals surface area (Å²) in [7, 11) is 0. The minimum Gasteiger partial charge on any atom is -0.351 e. The van der Waals surface area contributed by atoms with E-state index in [2.05, 4.69) is 5.32 Å². The van der Waals surface area contributed by atoms with Crippen LogP contribution in [0.1, 0.15) is 18.4 Å². The third-order valence-corrected chi connectivity index (χ3v) is 3.64. The molecule has 1 saturated heterocycles. The monoisotopic (exact) mass is 278 g/mol. The number of thioether (sulfide) groups is 1. The molecule has 1 aliphatic heterocycles. The van der Waals surface area contributed by atoms with Crippen LogP contribution in [0.3, 0.4) is 0 Å². The summed E-state index contributed by atoms with van der Waals surface area (Å²) in [5.41, 5.74) is 1.99. The number of nitrogens with one attached hydrogen (secondary N) is 1. The zero-order chi connectivity index (χ0) is 13.7. The topological polar surface area (TPSA) is 49.4 Å². The molecular formula is C14H18N2O2S. The second-order valence-corrected chi connectivity index (χ2v) is 5.39. The molecule has 0 bridgehead atoms. The van der Waals surface area contributed by atoms with Gasteiger partial charge in [0.05, 0.1) is 5.75 Å². The van der Waals surface area contributed by atoms with E-state index >= 15 is 0 Å². The summed E-state index contributed by atoms with van der Waals surface area (Å²) in [6.45, 7) is 1.34. The predicted molar refractivity (Wildman–Crippen MR) is 78.3 cm³/mol. The second kappa shape index (κ2) is 6.61. The highest BCUT2D eigenvalue weighted by Crippen LogP contribution is 2.21. The molecule has 19 heavy (non-hydrogen) atoms. The Hall–Kier alpha value is -1.49. The van der Waals surface area contributed by atoms with Gasteiger partial charge in [-0.3, -0.25) is 9.59 Å². The molecule has 0 saturated carbocycles. The van der Waals surface area contributed by atoms with Gasteiger partial charge in [0.1, 0.15) is 0 Å². The molecule has 0 atom stereocenters. The van der Waals surface area contributed by atoms with E-state index in [1.165, 1.54) is 11.8 Å². The number of hydrogen-bond donors (Lipinski definition) is 1. The molecule has 1 aromatic rings. The van der Waals surface area contributed by atoms with Gasteiger partial charge in [-0.05, 0) is 30.4 Å². The minimum absolute atomic E-state index is 0.0475. The molecule has 0 unspecified atom stereocenters. The summed E-state index contributed by atoms with van der Waals surface area (Å²) in [4.78, 5) is 24.8. The summed E-state index contributed by atoms with van der Waals surface area (Å²) >= 11 is 1.51. The third kappa shape index (κ3) is 3.73. The van der Waals surface area contributed by atoms with Gasteiger partial charge in [-0.15, -0.1) is 0 Å². The number of amides is 2. The SMILES string of the molecule is CSCC(=O)NCc1ccc(N2CCCC2=O)cc1. The first kappa shape index (κ1) is 13.9. The zero-order valence-corrected chi connectivity index (χ0v) is 11.8. The normalized spacial score (nSPS) is 14.8. The predicted octanol–water partition coefficient (Wildman–Crippen LogP) is 1.79. The summed E-state index contributed by atoms with van der Waals surface area (Å²) in [5.74, 6) is 0.729.